The van der Waals surface area contributed by atoms with Crippen molar-refractivity contribution in [2.45, 2.75) is 25.7 Å². The predicted octanol–water partition coefficient (Wildman–Crippen LogP) is 1.47. The molecule has 0 aliphatic carbocycles. The normalized spacial score (nSPS) is 21.0. The van der Waals surface area contributed by atoms with Crippen LogP contribution in [0.25, 0.3) is 0 Å². The molecule has 1 aromatic heterocycles. The Bertz CT molecular complexity index is 734. The van der Waals surface area contributed by atoms with Crippen LogP contribution in [0.5, 0.6) is 0 Å². The highest BCUT2D eigenvalue weighted by Gasteiger charge is 2.25. The highest BCUT2D eigenvalue weighted by molar-refractivity contribution is 7.88. The summed E-state index contributed by atoms with van der Waals surface area (Å²) < 4.78 is 25.1. The fourth-order valence-corrected chi connectivity index (χ4v) is 4.09. The first-order valence-electron chi connectivity index (χ1n) is 9.13. The smallest absolute Gasteiger partial charge is 0.321 e. The van der Waals surface area contributed by atoms with Crippen LogP contribution in [-0.2, 0) is 10.0 Å². The molecule has 2 fully saturated rings. The van der Waals surface area contributed by atoms with Gasteiger partial charge in [-0.05, 0) is 43.7 Å². The lowest BCUT2D eigenvalue weighted by molar-refractivity contribution is 0.178. The van der Waals surface area contributed by atoms with E-state index < -0.39 is 10.0 Å². The molecule has 144 valence electrons. The van der Waals surface area contributed by atoms with Crippen molar-refractivity contribution in [3.8, 4) is 0 Å². The van der Waals surface area contributed by atoms with Crippen LogP contribution < -0.4 is 14.9 Å². The first-order valence-corrected chi connectivity index (χ1v) is 11.0. The minimum absolute atomic E-state index is 0.135. The summed E-state index contributed by atoms with van der Waals surface area (Å²) in [5, 5.41) is 2.99. The van der Waals surface area contributed by atoms with Crippen molar-refractivity contribution < 1.29 is 13.2 Å². The average Bonchev–Trinajstić information content (AvgIpc) is 3.14. The Hall–Kier alpha value is -1.87. The molecule has 0 bridgehead atoms. The summed E-state index contributed by atoms with van der Waals surface area (Å²) in [6.45, 7) is 3.52. The van der Waals surface area contributed by atoms with Crippen molar-refractivity contribution in [1.29, 1.82) is 0 Å². The molecule has 0 radical (unpaired) electrons. The number of hydrogen-bond acceptors (Lipinski definition) is 5. The number of rotatable bonds is 5. The SMILES string of the molecule is CS(=O)(=O)NC[C@@H]1CCCN(C(=O)Nc2cccnc2N2CCCC2)C1. The molecule has 3 heterocycles. The lowest BCUT2D eigenvalue weighted by atomic mass is 9.99. The number of urea groups is 1. The number of nitrogens with zero attached hydrogens (tertiary/aromatic N) is 3. The van der Waals surface area contributed by atoms with Crippen LogP contribution in [-0.4, -0.2) is 63.3 Å². The number of sulfonamides is 1. The topological polar surface area (TPSA) is 94.6 Å². The van der Waals surface area contributed by atoms with Gasteiger partial charge in [0.1, 0.15) is 0 Å². The van der Waals surface area contributed by atoms with Gasteiger partial charge in [-0.1, -0.05) is 0 Å². The fraction of sp³-hybridized carbons (Fsp3) is 0.647. The number of pyridine rings is 1. The fourth-order valence-electron chi connectivity index (χ4n) is 3.56. The molecular weight excluding hydrogens is 354 g/mol. The van der Waals surface area contributed by atoms with E-state index in [1.165, 1.54) is 0 Å². The van der Waals surface area contributed by atoms with Crippen molar-refractivity contribution in [3.05, 3.63) is 18.3 Å². The molecule has 2 aliphatic rings. The number of likely N-dealkylation sites (tertiary alicyclic amines) is 1. The summed E-state index contributed by atoms with van der Waals surface area (Å²) in [6.07, 6.45) is 6.98. The van der Waals surface area contributed by atoms with Crippen molar-refractivity contribution in [1.82, 2.24) is 14.6 Å². The minimum atomic E-state index is -3.21. The van der Waals surface area contributed by atoms with Crippen LogP contribution in [0.2, 0.25) is 0 Å². The number of carbonyl (C=O) groups is 1. The molecule has 0 spiro atoms. The van der Waals surface area contributed by atoms with E-state index in [0.717, 1.165) is 56.5 Å². The van der Waals surface area contributed by atoms with Gasteiger partial charge < -0.3 is 15.1 Å². The lowest BCUT2D eigenvalue weighted by Gasteiger charge is -2.33. The highest BCUT2D eigenvalue weighted by Crippen LogP contribution is 2.27. The van der Waals surface area contributed by atoms with Gasteiger partial charge in [0, 0.05) is 38.9 Å². The molecule has 2 aliphatic heterocycles. The number of piperidine rings is 1. The molecule has 0 saturated carbocycles. The Labute approximate surface area is 155 Å². The van der Waals surface area contributed by atoms with Crippen LogP contribution in [0.1, 0.15) is 25.7 Å². The van der Waals surface area contributed by atoms with Crippen LogP contribution in [0, 0.1) is 5.92 Å². The zero-order valence-electron chi connectivity index (χ0n) is 15.1. The minimum Gasteiger partial charge on any atom is -0.355 e. The second-order valence-corrected chi connectivity index (χ2v) is 8.91. The van der Waals surface area contributed by atoms with E-state index in [2.05, 4.69) is 19.9 Å². The maximum absolute atomic E-state index is 12.7. The van der Waals surface area contributed by atoms with E-state index in [-0.39, 0.29) is 11.9 Å². The van der Waals surface area contributed by atoms with Gasteiger partial charge in [-0.3, -0.25) is 0 Å². The quantitative estimate of drug-likeness (QED) is 0.806. The molecule has 1 aromatic rings. The Kier molecular flexibility index (Phi) is 5.98. The second-order valence-electron chi connectivity index (χ2n) is 7.07. The lowest BCUT2D eigenvalue weighted by Crippen LogP contribution is -2.45. The van der Waals surface area contributed by atoms with Gasteiger partial charge in [0.2, 0.25) is 10.0 Å². The molecule has 2 N–H and O–H groups in total. The Morgan fingerprint density at radius 2 is 2.04 bits per heavy atom. The zero-order valence-corrected chi connectivity index (χ0v) is 16.0. The summed E-state index contributed by atoms with van der Waals surface area (Å²) in [5.74, 6) is 0.960. The standard InChI is InChI=1S/C17H27N5O3S/c1-26(24,25)19-12-14-6-5-11-22(13-14)17(23)20-15-7-4-8-18-16(15)21-9-2-3-10-21/h4,7-8,14,19H,2-3,5-6,9-13H2,1H3,(H,20,23)/t14-/m0/s1. The van der Waals surface area contributed by atoms with Crippen molar-refractivity contribution in [2.75, 3.05) is 49.2 Å². The van der Waals surface area contributed by atoms with E-state index in [9.17, 15) is 13.2 Å². The molecule has 2 amide bonds. The zero-order chi connectivity index (χ0) is 18.6. The van der Waals surface area contributed by atoms with E-state index in [0.29, 0.717) is 19.6 Å². The van der Waals surface area contributed by atoms with E-state index in [4.69, 9.17) is 0 Å². The van der Waals surface area contributed by atoms with Crippen LogP contribution in [0.4, 0.5) is 16.3 Å². The molecule has 2 saturated heterocycles. The van der Waals surface area contributed by atoms with Crippen molar-refractivity contribution >= 4 is 27.6 Å². The van der Waals surface area contributed by atoms with Gasteiger partial charge in [-0.15, -0.1) is 0 Å². The number of nitrogens with one attached hydrogen (secondary N) is 2. The number of amides is 2. The summed E-state index contributed by atoms with van der Waals surface area (Å²) in [5.41, 5.74) is 0.732. The molecule has 3 rings (SSSR count). The third-order valence-corrected chi connectivity index (χ3v) is 5.57. The molecular formula is C17H27N5O3S. The van der Waals surface area contributed by atoms with Crippen molar-refractivity contribution in [2.24, 2.45) is 5.92 Å². The Morgan fingerprint density at radius 3 is 2.77 bits per heavy atom. The van der Waals surface area contributed by atoms with Gasteiger partial charge in [0.05, 0.1) is 11.9 Å². The van der Waals surface area contributed by atoms with Gasteiger partial charge in [0.25, 0.3) is 0 Å². The first-order chi connectivity index (χ1) is 12.4. The summed E-state index contributed by atoms with van der Waals surface area (Å²) in [6, 6.07) is 3.55. The monoisotopic (exact) mass is 381 g/mol. The molecule has 0 aromatic carbocycles. The summed E-state index contributed by atoms with van der Waals surface area (Å²) in [7, 11) is -3.21. The molecule has 26 heavy (non-hydrogen) atoms. The summed E-state index contributed by atoms with van der Waals surface area (Å²) in [4.78, 5) is 21.1. The maximum Gasteiger partial charge on any atom is 0.321 e. The Morgan fingerprint density at radius 1 is 1.27 bits per heavy atom. The van der Waals surface area contributed by atoms with Gasteiger partial charge in [-0.2, -0.15) is 0 Å². The van der Waals surface area contributed by atoms with E-state index in [1.807, 2.05) is 12.1 Å². The van der Waals surface area contributed by atoms with E-state index >= 15 is 0 Å². The van der Waals surface area contributed by atoms with Crippen molar-refractivity contribution in [3.63, 3.8) is 0 Å². The number of anilines is 2. The average molecular weight is 382 g/mol. The number of carbonyl (C=O) groups excluding carboxylic acids is 1. The van der Waals surface area contributed by atoms with Crippen LogP contribution >= 0.6 is 0 Å². The number of aromatic nitrogens is 1. The number of hydrogen-bond donors (Lipinski definition) is 2. The van der Waals surface area contributed by atoms with Gasteiger partial charge >= 0.3 is 6.03 Å². The molecule has 9 heteroatoms. The summed E-state index contributed by atoms with van der Waals surface area (Å²) >= 11 is 0. The first kappa shape index (κ1) is 18.9. The highest BCUT2D eigenvalue weighted by atomic mass is 32.2. The predicted molar refractivity (Wildman–Crippen MR) is 102 cm³/mol. The molecule has 1 atom stereocenters. The van der Waals surface area contributed by atoms with Gasteiger partial charge in [0.15, 0.2) is 5.82 Å². The van der Waals surface area contributed by atoms with E-state index in [1.54, 1.807) is 11.1 Å². The largest absolute Gasteiger partial charge is 0.355 e. The van der Waals surface area contributed by atoms with Crippen LogP contribution in [0.3, 0.4) is 0 Å². The molecule has 0 unspecified atom stereocenters. The third-order valence-electron chi connectivity index (χ3n) is 4.87. The Balaban J connectivity index is 1.61. The third kappa shape index (κ3) is 5.07. The second kappa shape index (κ2) is 8.22. The molecule has 8 nitrogen and oxygen atoms in total. The van der Waals surface area contributed by atoms with Gasteiger partial charge in [-0.25, -0.2) is 22.9 Å². The maximum atomic E-state index is 12.7. The van der Waals surface area contributed by atoms with Crippen LogP contribution in [0.15, 0.2) is 18.3 Å².